The van der Waals surface area contributed by atoms with Gasteiger partial charge in [0.25, 0.3) is 0 Å². The third kappa shape index (κ3) is 4.66. The van der Waals surface area contributed by atoms with Crippen LogP contribution in [-0.2, 0) is 9.59 Å². The van der Waals surface area contributed by atoms with E-state index in [2.05, 4.69) is 10.3 Å². The van der Waals surface area contributed by atoms with Gasteiger partial charge in [0.2, 0.25) is 11.8 Å². The number of carbonyl (C=O) groups excluding carboxylic acids is 2. The van der Waals surface area contributed by atoms with Gasteiger partial charge in [-0.15, -0.1) is 0 Å². The number of hydrogen-bond donors (Lipinski definition) is 1. The number of nitrogens with one attached hydrogen (secondary N) is 1. The smallest absolute Gasteiger partial charge is 0.247 e. The number of methoxy groups -OCH3 is 1. The minimum Gasteiger partial charge on any atom is -0.497 e. The molecular formula is C20H20ClN3O3S. The zero-order chi connectivity index (χ0) is 20.1. The van der Waals surface area contributed by atoms with Crippen molar-refractivity contribution >= 4 is 51.7 Å². The number of thioether (sulfide) groups is 1. The number of imide groups is 1. The molecule has 0 radical (unpaired) electrons. The summed E-state index contributed by atoms with van der Waals surface area (Å²) in [5.41, 5.74) is 1.35. The monoisotopic (exact) mass is 417 g/mol. The highest BCUT2D eigenvalue weighted by Crippen LogP contribution is 2.31. The van der Waals surface area contributed by atoms with Crippen LogP contribution in [0.4, 0.5) is 11.4 Å². The van der Waals surface area contributed by atoms with E-state index in [0.717, 1.165) is 5.69 Å². The fourth-order valence-corrected chi connectivity index (χ4v) is 3.95. The SMILES string of the molecule is CCN=C(Nc1ccc(Cl)cc1)SC1CC(=O)N(c2ccc(OC)cc2)C1=O. The van der Waals surface area contributed by atoms with Crippen molar-refractivity contribution in [2.75, 3.05) is 23.9 Å². The van der Waals surface area contributed by atoms with Gasteiger partial charge < -0.3 is 10.1 Å². The Morgan fingerprint density at radius 1 is 1.21 bits per heavy atom. The number of hydrogen-bond acceptors (Lipinski definition) is 5. The van der Waals surface area contributed by atoms with Crippen molar-refractivity contribution < 1.29 is 14.3 Å². The van der Waals surface area contributed by atoms with Gasteiger partial charge in [0.1, 0.15) is 11.0 Å². The number of carbonyl (C=O) groups is 2. The van der Waals surface area contributed by atoms with Gasteiger partial charge in [0.15, 0.2) is 5.17 Å². The van der Waals surface area contributed by atoms with Crippen molar-refractivity contribution in [3.8, 4) is 5.75 Å². The molecule has 6 nitrogen and oxygen atoms in total. The third-order valence-corrected chi connectivity index (χ3v) is 5.45. The Hall–Kier alpha value is -2.51. The number of anilines is 2. The minimum atomic E-state index is -0.528. The van der Waals surface area contributed by atoms with Gasteiger partial charge in [0, 0.05) is 23.7 Å². The molecule has 1 N–H and O–H groups in total. The molecule has 1 saturated heterocycles. The number of nitrogens with zero attached hydrogens (tertiary/aromatic N) is 2. The first-order valence-corrected chi connectivity index (χ1v) is 10.0. The van der Waals surface area contributed by atoms with Crippen LogP contribution in [-0.4, -0.2) is 35.9 Å². The minimum absolute atomic E-state index is 0.126. The third-order valence-electron chi connectivity index (χ3n) is 4.09. The number of rotatable bonds is 5. The van der Waals surface area contributed by atoms with Gasteiger partial charge in [-0.05, 0) is 55.5 Å². The predicted octanol–water partition coefficient (Wildman–Crippen LogP) is 4.20. The molecule has 146 valence electrons. The van der Waals surface area contributed by atoms with Crippen LogP contribution in [0.3, 0.4) is 0 Å². The highest BCUT2D eigenvalue weighted by Gasteiger charge is 2.40. The molecule has 2 aromatic carbocycles. The summed E-state index contributed by atoms with van der Waals surface area (Å²) in [6.45, 7) is 2.47. The van der Waals surface area contributed by atoms with Crippen molar-refractivity contribution in [1.29, 1.82) is 0 Å². The standard InChI is InChI=1S/C20H20ClN3O3S/c1-3-22-20(23-14-6-4-13(21)5-7-14)28-17-12-18(25)24(19(17)26)15-8-10-16(27-2)11-9-15/h4-11,17H,3,12H2,1-2H3,(H,22,23). The maximum absolute atomic E-state index is 12.9. The van der Waals surface area contributed by atoms with Gasteiger partial charge >= 0.3 is 0 Å². The van der Waals surface area contributed by atoms with Crippen molar-refractivity contribution in [1.82, 2.24) is 0 Å². The van der Waals surface area contributed by atoms with Crippen LogP contribution < -0.4 is 15.0 Å². The summed E-state index contributed by atoms with van der Waals surface area (Å²) >= 11 is 7.18. The molecule has 8 heteroatoms. The summed E-state index contributed by atoms with van der Waals surface area (Å²) in [5.74, 6) is 0.190. The molecule has 0 saturated carbocycles. The van der Waals surface area contributed by atoms with Crippen LogP contribution in [0.1, 0.15) is 13.3 Å². The summed E-state index contributed by atoms with van der Waals surface area (Å²) in [5, 5.41) is 3.89. The Balaban J connectivity index is 1.73. The average Bonchev–Trinajstić information content (AvgIpc) is 2.97. The van der Waals surface area contributed by atoms with E-state index in [4.69, 9.17) is 16.3 Å². The molecule has 0 bridgehead atoms. The largest absolute Gasteiger partial charge is 0.497 e. The van der Waals surface area contributed by atoms with E-state index in [-0.39, 0.29) is 18.2 Å². The van der Waals surface area contributed by atoms with Crippen molar-refractivity contribution in [3.05, 3.63) is 53.6 Å². The van der Waals surface area contributed by atoms with Crippen LogP contribution in [0.15, 0.2) is 53.5 Å². The highest BCUT2D eigenvalue weighted by molar-refractivity contribution is 8.15. The van der Waals surface area contributed by atoms with E-state index in [9.17, 15) is 9.59 Å². The number of benzene rings is 2. The molecule has 1 aliphatic heterocycles. The molecule has 1 aliphatic rings. The zero-order valence-corrected chi connectivity index (χ0v) is 17.1. The van der Waals surface area contributed by atoms with E-state index < -0.39 is 5.25 Å². The Kier molecular flexibility index (Phi) is 6.59. The predicted molar refractivity (Wildman–Crippen MR) is 115 cm³/mol. The first-order valence-electron chi connectivity index (χ1n) is 8.76. The highest BCUT2D eigenvalue weighted by atomic mass is 35.5. The van der Waals surface area contributed by atoms with Gasteiger partial charge in [-0.1, -0.05) is 23.4 Å². The molecular weight excluding hydrogens is 398 g/mol. The van der Waals surface area contributed by atoms with Gasteiger partial charge in [-0.2, -0.15) is 0 Å². The van der Waals surface area contributed by atoms with E-state index in [1.54, 1.807) is 43.5 Å². The number of amidine groups is 1. The summed E-state index contributed by atoms with van der Waals surface area (Å²) in [7, 11) is 1.57. The Morgan fingerprint density at radius 3 is 2.50 bits per heavy atom. The average molecular weight is 418 g/mol. The number of aliphatic imine (C=N–C) groups is 1. The van der Waals surface area contributed by atoms with Crippen molar-refractivity contribution in [2.24, 2.45) is 4.99 Å². The lowest BCUT2D eigenvalue weighted by molar-refractivity contribution is -0.121. The fraction of sp³-hybridized carbons (Fsp3) is 0.250. The summed E-state index contributed by atoms with van der Waals surface area (Å²) in [6, 6.07) is 14.1. The fourth-order valence-electron chi connectivity index (χ4n) is 2.74. The second kappa shape index (κ2) is 9.12. The molecule has 1 fully saturated rings. The van der Waals surface area contributed by atoms with Crippen LogP contribution in [0.5, 0.6) is 5.75 Å². The molecule has 1 atom stereocenters. The molecule has 2 amide bonds. The summed E-state index contributed by atoms with van der Waals surface area (Å²) in [4.78, 5) is 31.0. The maximum Gasteiger partial charge on any atom is 0.247 e. The maximum atomic E-state index is 12.9. The molecule has 0 spiro atoms. The Labute approximate surface area is 172 Å². The number of halogens is 1. The second-order valence-corrected chi connectivity index (χ2v) is 7.62. The quantitative estimate of drug-likeness (QED) is 0.448. The lowest BCUT2D eigenvalue weighted by Gasteiger charge is -2.16. The Morgan fingerprint density at radius 2 is 1.89 bits per heavy atom. The van der Waals surface area contributed by atoms with Crippen LogP contribution in [0.2, 0.25) is 5.02 Å². The van der Waals surface area contributed by atoms with Crippen LogP contribution in [0, 0.1) is 0 Å². The molecule has 0 aromatic heterocycles. The first-order chi connectivity index (χ1) is 13.5. The molecule has 0 aliphatic carbocycles. The lowest BCUT2D eigenvalue weighted by atomic mass is 10.3. The lowest BCUT2D eigenvalue weighted by Crippen LogP contribution is -2.31. The van der Waals surface area contributed by atoms with Gasteiger partial charge in [-0.3, -0.25) is 14.6 Å². The molecule has 28 heavy (non-hydrogen) atoms. The normalized spacial score (nSPS) is 17.2. The zero-order valence-electron chi connectivity index (χ0n) is 15.5. The van der Waals surface area contributed by atoms with Gasteiger partial charge in [-0.25, -0.2) is 4.90 Å². The van der Waals surface area contributed by atoms with E-state index in [0.29, 0.717) is 28.2 Å². The van der Waals surface area contributed by atoms with Crippen molar-refractivity contribution in [2.45, 2.75) is 18.6 Å². The van der Waals surface area contributed by atoms with E-state index in [1.807, 2.05) is 19.1 Å². The second-order valence-electron chi connectivity index (χ2n) is 5.99. The van der Waals surface area contributed by atoms with Crippen LogP contribution in [0.25, 0.3) is 0 Å². The first kappa shape index (κ1) is 20.2. The Bertz CT molecular complexity index is 885. The van der Waals surface area contributed by atoms with E-state index in [1.165, 1.54) is 16.7 Å². The number of ether oxygens (including phenoxy) is 1. The topological polar surface area (TPSA) is 71.0 Å². The molecule has 1 heterocycles. The van der Waals surface area contributed by atoms with Gasteiger partial charge in [0.05, 0.1) is 12.8 Å². The molecule has 1 unspecified atom stereocenters. The molecule has 2 aromatic rings. The summed E-state index contributed by atoms with van der Waals surface area (Å²) < 4.78 is 5.13. The number of amides is 2. The summed E-state index contributed by atoms with van der Waals surface area (Å²) in [6.07, 6.45) is 0.126. The van der Waals surface area contributed by atoms with Crippen molar-refractivity contribution in [3.63, 3.8) is 0 Å². The van der Waals surface area contributed by atoms with E-state index >= 15 is 0 Å². The molecule has 3 rings (SSSR count). The van der Waals surface area contributed by atoms with Crippen LogP contribution >= 0.6 is 23.4 Å².